The molecule has 5 heteroatoms. The fourth-order valence-electron chi connectivity index (χ4n) is 1.08. The van der Waals surface area contributed by atoms with Crippen molar-refractivity contribution in [3.8, 4) is 0 Å². The first-order valence-electron chi connectivity index (χ1n) is 4.12. The Bertz CT molecular complexity index is 407. The Kier molecular flexibility index (Phi) is 2.83. The number of benzene rings is 1. The van der Waals surface area contributed by atoms with Crippen molar-refractivity contribution < 1.29 is 22.4 Å². The van der Waals surface area contributed by atoms with E-state index in [2.05, 4.69) is 0 Å². The van der Waals surface area contributed by atoms with Crippen LogP contribution in [0.3, 0.4) is 0 Å². The minimum atomic E-state index is -3.78. The summed E-state index contributed by atoms with van der Waals surface area (Å²) < 4.78 is 51.5. The van der Waals surface area contributed by atoms with Crippen LogP contribution in [-0.4, -0.2) is 11.7 Å². The SMILES string of the molecule is Cc1ccc(F)c(C(=O)C(C)(F)F)c1F. The van der Waals surface area contributed by atoms with Gasteiger partial charge in [0.2, 0.25) is 5.78 Å². The van der Waals surface area contributed by atoms with Gasteiger partial charge >= 0.3 is 5.92 Å². The maximum Gasteiger partial charge on any atom is 0.307 e. The van der Waals surface area contributed by atoms with Crippen molar-refractivity contribution in [1.82, 2.24) is 0 Å². The number of rotatable bonds is 2. The van der Waals surface area contributed by atoms with Crippen LogP contribution in [0.1, 0.15) is 22.8 Å². The molecular formula is C10H8F4O. The van der Waals surface area contributed by atoms with Gasteiger partial charge < -0.3 is 0 Å². The molecular weight excluding hydrogens is 212 g/mol. The summed E-state index contributed by atoms with van der Waals surface area (Å²) in [6, 6.07) is 1.87. The molecule has 0 aromatic heterocycles. The number of carbonyl (C=O) groups excluding carboxylic acids is 1. The molecule has 0 heterocycles. The highest BCUT2D eigenvalue weighted by Gasteiger charge is 2.37. The number of Topliss-reactive ketones (excluding diaryl/α,β-unsaturated/α-hetero) is 1. The summed E-state index contributed by atoms with van der Waals surface area (Å²) in [5, 5.41) is 0. The molecule has 0 bridgehead atoms. The molecule has 0 saturated heterocycles. The third-order valence-electron chi connectivity index (χ3n) is 1.91. The standard InChI is InChI=1S/C10H8F4O/c1-5-3-4-6(11)7(8(5)12)9(15)10(2,13)14/h3-4H,1-2H3. The van der Waals surface area contributed by atoms with Crippen LogP contribution in [0.2, 0.25) is 0 Å². The number of carbonyl (C=O) groups is 1. The maximum absolute atomic E-state index is 13.2. The maximum atomic E-state index is 13.2. The predicted octanol–water partition coefficient (Wildman–Crippen LogP) is 3.11. The van der Waals surface area contributed by atoms with Crippen LogP contribution in [-0.2, 0) is 0 Å². The van der Waals surface area contributed by atoms with Crippen LogP contribution in [0.5, 0.6) is 0 Å². The van der Waals surface area contributed by atoms with Crippen LogP contribution in [0.15, 0.2) is 12.1 Å². The molecule has 1 rings (SSSR count). The first kappa shape index (κ1) is 11.7. The molecule has 0 aliphatic rings. The van der Waals surface area contributed by atoms with E-state index in [-0.39, 0.29) is 5.56 Å². The second kappa shape index (κ2) is 3.64. The van der Waals surface area contributed by atoms with E-state index in [0.29, 0.717) is 6.92 Å². The van der Waals surface area contributed by atoms with Gasteiger partial charge in [0.25, 0.3) is 0 Å². The van der Waals surface area contributed by atoms with Gasteiger partial charge in [-0.1, -0.05) is 6.07 Å². The largest absolute Gasteiger partial charge is 0.307 e. The summed E-state index contributed by atoms with van der Waals surface area (Å²) >= 11 is 0. The minimum Gasteiger partial charge on any atom is -0.287 e. The summed E-state index contributed by atoms with van der Waals surface area (Å²) in [4.78, 5) is 11.0. The van der Waals surface area contributed by atoms with Crippen molar-refractivity contribution in [1.29, 1.82) is 0 Å². The second-order valence-electron chi connectivity index (χ2n) is 3.27. The third-order valence-corrected chi connectivity index (χ3v) is 1.91. The van der Waals surface area contributed by atoms with Gasteiger partial charge in [-0.05, 0) is 18.6 Å². The van der Waals surface area contributed by atoms with Gasteiger partial charge in [0, 0.05) is 6.92 Å². The average Bonchev–Trinajstić information content (AvgIpc) is 2.10. The van der Waals surface area contributed by atoms with Crippen LogP contribution in [0.25, 0.3) is 0 Å². The summed E-state index contributed by atoms with van der Waals surface area (Å²) in [5.74, 6) is -8.14. The molecule has 1 aromatic carbocycles. The zero-order chi connectivity index (χ0) is 11.8. The Hall–Kier alpha value is -1.39. The van der Waals surface area contributed by atoms with Gasteiger partial charge in [-0.3, -0.25) is 4.79 Å². The Morgan fingerprint density at radius 2 is 1.80 bits per heavy atom. The third kappa shape index (κ3) is 2.16. The lowest BCUT2D eigenvalue weighted by Crippen LogP contribution is -2.26. The number of hydrogen-bond acceptors (Lipinski definition) is 1. The van der Waals surface area contributed by atoms with Gasteiger partial charge in [-0.15, -0.1) is 0 Å². The number of hydrogen-bond donors (Lipinski definition) is 0. The van der Waals surface area contributed by atoms with E-state index in [0.717, 1.165) is 12.1 Å². The van der Waals surface area contributed by atoms with E-state index >= 15 is 0 Å². The molecule has 0 spiro atoms. The number of aryl methyl sites for hydroxylation is 1. The Labute approximate surface area is 83.7 Å². The second-order valence-corrected chi connectivity index (χ2v) is 3.27. The van der Waals surface area contributed by atoms with Crippen LogP contribution >= 0.6 is 0 Å². The monoisotopic (exact) mass is 220 g/mol. The molecule has 1 nitrogen and oxygen atoms in total. The highest BCUT2D eigenvalue weighted by atomic mass is 19.3. The van der Waals surface area contributed by atoms with Crippen LogP contribution in [0.4, 0.5) is 17.6 Å². The summed E-state index contributed by atoms with van der Waals surface area (Å²) in [6.07, 6.45) is 0. The molecule has 0 fully saturated rings. The Morgan fingerprint density at radius 3 is 2.27 bits per heavy atom. The van der Waals surface area contributed by atoms with Crippen molar-refractivity contribution in [2.24, 2.45) is 0 Å². The van der Waals surface area contributed by atoms with Crippen molar-refractivity contribution in [3.05, 3.63) is 34.9 Å². The molecule has 0 saturated carbocycles. The number of alkyl halides is 2. The summed E-state index contributed by atoms with van der Waals surface area (Å²) in [5.41, 5.74) is -1.23. The van der Waals surface area contributed by atoms with E-state index < -0.39 is 28.9 Å². The van der Waals surface area contributed by atoms with Crippen LogP contribution in [0, 0.1) is 18.6 Å². The normalized spacial score (nSPS) is 11.6. The van der Waals surface area contributed by atoms with E-state index in [4.69, 9.17) is 0 Å². The number of ketones is 1. The highest BCUT2D eigenvalue weighted by molar-refractivity contribution is 6.01. The van der Waals surface area contributed by atoms with Crippen molar-refractivity contribution in [2.45, 2.75) is 19.8 Å². The molecule has 0 aliphatic heterocycles. The van der Waals surface area contributed by atoms with Gasteiger partial charge in [-0.2, -0.15) is 8.78 Å². The lowest BCUT2D eigenvalue weighted by Gasteiger charge is -2.11. The molecule has 15 heavy (non-hydrogen) atoms. The molecule has 82 valence electrons. The molecule has 0 N–H and O–H groups in total. The average molecular weight is 220 g/mol. The highest BCUT2D eigenvalue weighted by Crippen LogP contribution is 2.24. The summed E-state index contributed by atoms with van der Waals surface area (Å²) in [7, 11) is 0. The van der Waals surface area contributed by atoms with E-state index in [1.165, 1.54) is 6.92 Å². The van der Waals surface area contributed by atoms with Crippen molar-refractivity contribution in [3.63, 3.8) is 0 Å². The van der Waals surface area contributed by atoms with E-state index in [9.17, 15) is 22.4 Å². The van der Waals surface area contributed by atoms with Crippen molar-refractivity contribution in [2.75, 3.05) is 0 Å². The van der Waals surface area contributed by atoms with Gasteiger partial charge in [0.15, 0.2) is 0 Å². The Balaban J connectivity index is 3.38. The van der Waals surface area contributed by atoms with E-state index in [1.807, 2.05) is 0 Å². The molecule has 1 aromatic rings. The molecule has 0 atom stereocenters. The zero-order valence-corrected chi connectivity index (χ0v) is 8.07. The lowest BCUT2D eigenvalue weighted by molar-refractivity contribution is 0.0212. The predicted molar refractivity (Wildman–Crippen MR) is 46.0 cm³/mol. The quantitative estimate of drug-likeness (QED) is 0.552. The molecule has 0 amide bonds. The smallest absolute Gasteiger partial charge is 0.287 e. The first-order chi connectivity index (χ1) is 6.75. The number of halogens is 4. The molecule has 0 aliphatic carbocycles. The van der Waals surface area contributed by atoms with E-state index in [1.54, 1.807) is 0 Å². The summed E-state index contributed by atoms with van der Waals surface area (Å²) in [6.45, 7) is 1.57. The van der Waals surface area contributed by atoms with Gasteiger partial charge in [0.05, 0.1) is 5.56 Å². The minimum absolute atomic E-state index is 0.0519. The first-order valence-corrected chi connectivity index (χ1v) is 4.12. The lowest BCUT2D eigenvalue weighted by atomic mass is 10.0. The Morgan fingerprint density at radius 1 is 1.27 bits per heavy atom. The topological polar surface area (TPSA) is 17.1 Å². The van der Waals surface area contributed by atoms with Crippen LogP contribution < -0.4 is 0 Å². The molecule has 0 radical (unpaired) electrons. The van der Waals surface area contributed by atoms with Gasteiger partial charge in [-0.25, -0.2) is 8.78 Å². The fraction of sp³-hybridized carbons (Fsp3) is 0.300. The zero-order valence-electron chi connectivity index (χ0n) is 8.07. The fourth-order valence-corrected chi connectivity index (χ4v) is 1.08. The van der Waals surface area contributed by atoms with Crippen molar-refractivity contribution >= 4 is 5.78 Å². The molecule has 0 unspecified atom stereocenters. The van der Waals surface area contributed by atoms with Gasteiger partial charge in [0.1, 0.15) is 11.6 Å².